The summed E-state index contributed by atoms with van der Waals surface area (Å²) in [5.74, 6) is -1.37. The van der Waals surface area contributed by atoms with E-state index in [0.29, 0.717) is 17.7 Å². The molecular weight excluding hydrogens is 258 g/mol. The second kappa shape index (κ2) is 5.61. The zero-order chi connectivity index (χ0) is 14.7. The van der Waals surface area contributed by atoms with E-state index in [9.17, 15) is 9.59 Å². The lowest BCUT2D eigenvalue weighted by molar-refractivity contribution is 0.0599. The zero-order valence-electron chi connectivity index (χ0n) is 11.3. The molecule has 0 unspecified atom stereocenters. The number of benzene rings is 1. The Kier molecular flexibility index (Phi) is 3.89. The van der Waals surface area contributed by atoms with Gasteiger partial charge in [0.2, 0.25) is 0 Å². The number of carbonyl (C=O) groups is 2. The molecule has 1 N–H and O–H groups in total. The first-order valence-corrected chi connectivity index (χ1v) is 6.20. The summed E-state index contributed by atoms with van der Waals surface area (Å²) in [6, 6.07) is 8.45. The Labute approximate surface area is 116 Å². The van der Waals surface area contributed by atoms with Crippen LogP contribution in [0.2, 0.25) is 0 Å². The van der Waals surface area contributed by atoms with E-state index in [-0.39, 0.29) is 5.56 Å². The van der Waals surface area contributed by atoms with Crippen molar-refractivity contribution in [2.75, 3.05) is 7.11 Å². The van der Waals surface area contributed by atoms with E-state index in [0.717, 1.165) is 5.69 Å². The van der Waals surface area contributed by atoms with Gasteiger partial charge in [-0.15, -0.1) is 0 Å². The van der Waals surface area contributed by atoms with E-state index in [4.69, 9.17) is 5.11 Å². The quantitative estimate of drug-likeness (QED) is 0.869. The molecule has 0 aliphatic carbocycles. The van der Waals surface area contributed by atoms with Crippen molar-refractivity contribution < 1.29 is 19.4 Å². The predicted octanol–water partition coefficient (Wildman–Crippen LogP) is 2.52. The SMILES string of the molecule is CCc1c(C(=O)O)ccn1-c1cccc(C(=O)OC)c1. The minimum absolute atomic E-state index is 0.274. The van der Waals surface area contributed by atoms with Crippen molar-refractivity contribution in [2.45, 2.75) is 13.3 Å². The molecule has 0 saturated carbocycles. The molecule has 0 saturated heterocycles. The van der Waals surface area contributed by atoms with Crippen molar-refractivity contribution in [1.29, 1.82) is 0 Å². The molecule has 20 heavy (non-hydrogen) atoms. The van der Waals surface area contributed by atoms with Gasteiger partial charge in [-0.05, 0) is 30.7 Å². The molecule has 0 fully saturated rings. The van der Waals surface area contributed by atoms with Crippen LogP contribution in [0.1, 0.15) is 33.3 Å². The molecule has 1 aromatic heterocycles. The van der Waals surface area contributed by atoms with Gasteiger partial charge in [0.15, 0.2) is 0 Å². The molecule has 104 valence electrons. The summed E-state index contributed by atoms with van der Waals surface area (Å²) >= 11 is 0. The Morgan fingerprint density at radius 2 is 2.05 bits per heavy atom. The molecule has 1 aromatic carbocycles. The minimum atomic E-state index is -0.954. The van der Waals surface area contributed by atoms with E-state index in [1.807, 2.05) is 13.0 Å². The summed E-state index contributed by atoms with van der Waals surface area (Å²) in [7, 11) is 1.32. The zero-order valence-corrected chi connectivity index (χ0v) is 11.3. The van der Waals surface area contributed by atoms with Crippen LogP contribution in [-0.4, -0.2) is 28.7 Å². The molecule has 0 amide bonds. The number of carbonyl (C=O) groups excluding carboxylic acids is 1. The summed E-state index contributed by atoms with van der Waals surface area (Å²) in [5, 5.41) is 9.15. The van der Waals surface area contributed by atoms with E-state index in [1.54, 1.807) is 35.0 Å². The molecule has 2 aromatic rings. The molecule has 0 aliphatic heterocycles. The van der Waals surface area contributed by atoms with Gasteiger partial charge < -0.3 is 14.4 Å². The van der Waals surface area contributed by atoms with Crippen LogP contribution in [0.25, 0.3) is 5.69 Å². The second-order valence-electron chi connectivity index (χ2n) is 4.25. The molecule has 2 rings (SSSR count). The number of aromatic nitrogens is 1. The van der Waals surface area contributed by atoms with Gasteiger partial charge in [-0.25, -0.2) is 9.59 Å². The van der Waals surface area contributed by atoms with E-state index < -0.39 is 11.9 Å². The Balaban J connectivity index is 2.52. The van der Waals surface area contributed by atoms with Crippen LogP contribution in [-0.2, 0) is 11.2 Å². The highest BCUT2D eigenvalue weighted by molar-refractivity contribution is 5.90. The number of ether oxygens (including phenoxy) is 1. The fourth-order valence-corrected chi connectivity index (χ4v) is 2.16. The molecule has 5 heteroatoms. The summed E-state index contributed by atoms with van der Waals surface area (Å²) in [5.41, 5.74) is 2.13. The van der Waals surface area contributed by atoms with Crippen LogP contribution >= 0.6 is 0 Å². The maximum absolute atomic E-state index is 11.5. The van der Waals surface area contributed by atoms with Crippen LogP contribution in [0, 0.1) is 0 Å². The van der Waals surface area contributed by atoms with Gasteiger partial charge in [0.25, 0.3) is 0 Å². The lowest BCUT2D eigenvalue weighted by Gasteiger charge is -2.10. The third-order valence-electron chi connectivity index (χ3n) is 3.10. The topological polar surface area (TPSA) is 68.5 Å². The number of hydrogen-bond donors (Lipinski definition) is 1. The van der Waals surface area contributed by atoms with E-state index in [2.05, 4.69) is 4.74 Å². The fraction of sp³-hybridized carbons (Fsp3) is 0.200. The average Bonchev–Trinajstić information content (AvgIpc) is 2.90. The number of carboxylic acid groups (broad SMARTS) is 1. The maximum Gasteiger partial charge on any atom is 0.337 e. The molecule has 0 bridgehead atoms. The van der Waals surface area contributed by atoms with Gasteiger partial charge in [-0.2, -0.15) is 0 Å². The Morgan fingerprint density at radius 3 is 2.65 bits per heavy atom. The van der Waals surface area contributed by atoms with Crippen molar-refractivity contribution >= 4 is 11.9 Å². The number of esters is 1. The van der Waals surface area contributed by atoms with Crippen LogP contribution in [0.3, 0.4) is 0 Å². The molecule has 0 spiro atoms. The van der Waals surface area contributed by atoms with Crippen LogP contribution in [0.5, 0.6) is 0 Å². The lowest BCUT2D eigenvalue weighted by atomic mass is 10.1. The Bertz CT molecular complexity index is 658. The highest BCUT2D eigenvalue weighted by Gasteiger charge is 2.15. The fourth-order valence-electron chi connectivity index (χ4n) is 2.16. The monoisotopic (exact) mass is 273 g/mol. The highest BCUT2D eigenvalue weighted by atomic mass is 16.5. The third-order valence-corrected chi connectivity index (χ3v) is 3.10. The molecule has 5 nitrogen and oxygen atoms in total. The summed E-state index contributed by atoms with van der Waals surface area (Å²) in [6.45, 7) is 1.89. The summed E-state index contributed by atoms with van der Waals surface area (Å²) in [6.07, 6.45) is 2.27. The van der Waals surface area contributed by atoms with Crippen LogP contribution < -0.4 is 0 Å². The van der Waals surface area contributed by atoms with Crippen molar-refractivity contribution in [3.05, 3.63) is 53.3 Å². The first-order valence-electron chi connectivity index (χ1n) is 6.20. The van der Waals surface area contributed by atoms with Crippen molar-refractivity contribution in [1.82, 2.24) is 4.57 Å². The predicted molar refractivity (Wildman–Crippen MR) is 73.4 cm³/mol. The first-order chi connectivity index (χ1) is 9.58. The number of aromatic carboxylic acids is 1. The van der Waals surface area contributed by atoms with Gasteiger partial charge in [-0.1, -0.05) is 13.0 Å². The molecular formula is C15H15NO4. The van der Waals surface area contributed by atoms with Gasteiger partial charge >= 0.3 is 11.9 Å². The van der Waals surface area contributed by atoms with Gasteiger partial charge in [-0.3, -0.25) is 0 Å². The van der Waals surface area contributed by atoms with Crippen LogP contribution in [0.15, 0.2) is 36.5 Å². The maximum atomic E-state index is 11.5. The normalized spacial score (nSPS) is 10.3. The second-order valence-corrected chi connectivity index (χ2v) is 4.25. The lowest BCUT2D eigenvalue weighted by Crippen LogP contribution is -2.06. The Hall–Kier alpha value is -2.56. The van der Waals surface area contributed by atoms with Crippen molar-refractivity contribution in [2.24, 2.45) is 0 Å². The standard InChI is InChI=1S/C15H15NO4/c1-3-13-12(14(17)18)7-8-16(13)11-6-4-5-10(9-11)15(19)20-2/h4-9H,3H2,1-2H3,(H,17,18). The largest absolute Gasteiger partial charge is 0.478 e. The number of nitrogens with zero attached hydrogens (tertiary/aromatic N) is 1. The summed E-state index contributed by atoms with van der Waals surface area (Å²) in [4.78, 5) is 22.7. The molecule has 0 radical (unpaired) electrons. The third kappa shape index (κ3) is 2.42. The number of hydrogen-bond acceptors (Lipinski definition) is 3. The van der Waals surface area contributed by atoms with Gasteiger partial charge in [0.05, 0.1) is 18.2 Å². The summed E-state index contributed by atoms with van der Waals surface area (Å²) < 4.78 is 6.46. The smallest absolute Gasteiger partial charge is 0.337 e. The first kappa shape index (κ1) is 13.9. The number of carboxylic acids is 1. The van der Waals surface area contributed by atoms with Crippen molar-refractivity contribution in [3.8, 4) is 5.69 Å². The minimum Gasteiger partial charge on any atom is -0.478 e. The van der Waals surface area contributed by atoms with Gasteiger partial charge in [0.1, 0.15) is 0 Å². The van der Waals surface area contributed by atoms with Gasteiger partial charge in [0, 0.05) is 17.6 Å². The van der Waals surface area contributed by atoms with E-state index in [1.165, 1.54) is 7.11 Å². The number of rotatable bonds is 4. The molecule has 0 atom stereocenters. The molecule has 1 heterocycles. The van der Waals surface area contributed by atoms with E-state index >= 15 is 0 Å². The molecule has 0 aliphatic rings. The average molecular weight is 273 g/mol. The Morgan fingerprint density at radius 1 is 1.30 bits per heavy atom. The number of methoxy groups -OCH3 is 1. The van der Waals surface area contributed by atoms with Crippen molar-refractivity contribution in [3.63, 3.8) is 0 Å². The highest BCUT2D eigenvalue weighted by Crippen LogP contribution is 2.19. The van der Waals surface area contributed by atoms with Crippen LogP contribution in [0.4, 0.5) is 0 Å².